The Morgan fingerprint density at radius 2 is 2.05 bits per heavy atom. The molecule has 1 aromatic rings. The highest BCUT2D eigenvalue weighted by Gasteiger charge is 2.23. The van der Waals surface area contributed by atoms with Gasteiger partial charge in [0.15, 0.2) is 6.61 Å². The van der Waals surface area contributed by atoms with Crippen LogP contribution in [0.4, 0.5) is 0 Å². The first-order valence-electron chi connectivity index (χ1n) is 6.73. The van der Waals surface area contributed by atoms with E-state index in [9.17, 15) is 13.2 Å². The summed E-state index contributed by atoms with van der Waals surface area (Å²) in [5, 5.41) is 2.76. The summed E-state index contributed by atoms with van der Waals surface area (Å²) in [6.07, 6.45) is 2.29. The molecule has 7 heteroatoms. The van der Waals surface area contributed by atoms with Crippen molar-refractivity contribution in [3.63, 3.8) is 0 Å². The second-order valence-corrected chi connectivity index (χ2v) is 7.92. The number of rotatable bonds is 6. The maximum absolute atomic E-state index is 11.7. The summed E-state index contributed by atoms with van der Waals surface area (Å²) in [4.78, 5) is 11.6. The zero-order valence-electron chi connectivity index (χ0n) is 12.0. The molecule has 1 aliphatic carbocycles. The molecule has 1 aromatic carbocycles. The monoisotopic (exact) mass is 331 g/mol. The van der Waals surface area contributed by atoms with Crippen LogP contribution in [0, 0.1) is 19.8 Å². The van der Waals surface area contributed by atoms with E-state index >= 15 is 0 Å². The van der Waals surface area contributed by atoms with E-state index < -0.39 is 9.05 Å². The third kappa shape index (κ3) is 4.61. The lowest BCUT2D eigenvalue weighted by Crippen LogP contribution is -2.30. The van der Waals surface area contributed by atoms with Crippen LogP contribution in [-0.2, 0) is 13.8 Å². The molecule has 1 fully saturated rings. The summed E-state index contributed by atoms with van der Waals surface area (Å²) < 4.78 is 28.6. The van der Waals surface area contributed by atoms with Crippen LogP contribution < -0.4 is 10.1 Å². The molecule has 0 unspecified atom stereocenters. The van der Waals surface area contributed by atoms with Crippen LogP contribution in [0.25, 0.3) is 0 Å². The first-order chi connectivity index (χ1) is 9.77. The van der Waals surface area contributed by atoms with Gasteiger partial charge >= 0.3 is 0 Å². The molecule has 21 heavy (non-hydrogen) atoms. The maximum Gasteiger partial charge on any atom is 0.265 e. The summed E-state index contributed by atoms with van der Waals surface area (Å²) >= 11 is 0. The van der Waals surface area contributed by atoms with Gasteiger partial charge in [0, 0.05) is 17.2 Å². The molecule has 2 rings (SSSR count). The van der Waals surface area contributed by atoms with Crippen molar-refractivity contribution in [2.45, 2.75) is 31.6 Å². The zero-order chi connectivity index (χ0) is 15.6. The minimum atomic E-state index is -3.93. The van der Waals surface area contributed by atoms with Crippen molar-refractivity contribution in [3.05, 3.63) is 23.3 Å². The average molecular weight is 332 g/mol. The van der Waals surface area contributed by atoms with Gasteiger partial charge in [-0.3, -0.25) is 4.79 Å². The van der Waals surface area contributed by atoms with Gasteiger partial charge in [-0.05, 0) is 49.8 Å². The Balaban J connectivity index is 2.09. The Morgan fingerprint density at radius 3 is 2.62 bits per heavy atom. The lowest BCUT2D eigenvalue weighted by atomic mass is 10.1. The average Bonchev–Trinajstić information content (AvgIpc) is 3.17. The van der Waals surface area contributed by atoms with E-state index in [1.54, 1.807) is 19.9 Å². The SMILES string of the molecule is Cc1cc(C)c(OCC(=O)NCC2CC2)c(S(=O)(=O)Cl)c1. The van der Waals surface area contributed by atoms with Crippen molar-refractivity contribution >= 4 is 25.6 Å². The fourth-order valence-corrected chi connectivity index (χ4v) is 3.16. The second kappa shape index (κ2) is 6.23. The predicted molar refractivity (Wildman–Crippen MR) is 80.2 cm³/mol. The second-order valence-electron chi connectivity index (χ2n) is 5.38. The van der Waals surface area contributed by atoms with Crippen molar-refractivity contribution in [1.82, 2.24) is 5.32 Å². The summed E-state index contributed by atoms with van der Waals surface area (Å²) in [5.74, 6) is 0.450. The van der Waals surface area contributed by atoms with Crippen molar-refractivity contribution < 1.29 is 17.9 Å². The molecule has 5 nitrogen and oxygen atoms in total. The third-order valence-corrected chi connectivity index (χ3v) is 4.61. The largest absolute Gasteiger partial charge is 0.482 e. The predicted octanol–water partition coefficient (Wildman–Crippen LogP) is 2.14. The first kappa shape index (κ1) is 16.1. The number of nitrogens with one attached hydrogen (secondary N) is 1. The summed E-state index contributed by atoms with van der Waals surface area (Å²) in [6, 6.07) is 3.22. The molecule has 1 aliphatic rings. The quantitative estimate of drug-likeness (QED) is 0.811. The fourth-order valence-electron chi connectivity index (χ4n) is 2.05. The number of hydrogen-bond acceptors (Lipinski definition) is 4. The van der Waals surface area contributed by atoms with Gasteiger partial charge < -0.3 is 10.1 Å². The maximum atomic E-state index is 11.7. The van der Waals surface area contributed by atoms with E-state index in [0.29, 0.717) is 18.0 Å². The Labute approximate surface area is 129 Å². The Hall–Kier alpha value is -1.27. The molecule has 0 atom stereocenters. The molecule has 0 radical (unpaired) electrons. The van der Waals surface area contributed by atoms with Crippen LogP contribution in [0.1, 0.15) is 24.0 Å². The topological polar surface area (TPSA) is 72.5 Å². The van der Waals surface area contributed by atoms with Gasteiger partial charge in [0.25, 0.3) is 15.0 Å². The Bertz CT molecular complexity index is 653. The molecular weight excluding hydrogens is 314 g/mol. The molecule has 1 amide bonds. The molecular formula is C14H18ClNO4S. The molecule has 0 spiro atoms. The lowest BCUT2D eigenvalue weighted by molar-refractivity contribution is -0.123. The summed E-state index contributed by atoms with van der Waals surface area (Å²) in [6.45, 7) is 3.91. The number of carbonyl (C=O) groups excluding carboxylic acids is 1. The first-order valence-corrected chi connectivity index (χ1v) is 9.03. The number of aryl methyl sites for hydroxylation is 2. The number of amides is 1. The molecule has 1 N–H and O–H groups in total. The number of hydrogen-bond donors (Lipinski definition) is 1. The van der Waals surface area contributed by atoms with Crippen molar-refractivity contribution in [2.24, 2.45) is 5.92 Å². The molecule has 1 saturated carbocycles. The van der Waals surface area contributed by atoms with Crippen molar-refractivity contribution in [2.75, 3.05) is 13.2 Å². The third-order valence-electron chi connectivity index (χ3n) is 3.28. The van der Waals surface area contributed by atoms with Gasteiger partial charge in [-0.15, -0.1) is 0 Å². The number of benzene rings is 1. The summed E-state index contributed by atoms with van der Waals surface area (Å²) in [5.41, 5.74) is 1.39. The highest BCUT2D eigenvalue weighted by Crippen LogP contribution is 2.31. The lowest BCUT2D eigenvalue weighted by Gasteiger charge is -2.13. The van der Waals surface area contributed by atoms with Crippen LogP contribution in [0.2, 0.25) is 0 Å². The molecule has 0 aliphatic heterocycles. The smallest absolute Gasteiger partial charge is 0.265 e. The van der Waals surface area contributed by atoms with Crippen molar-refractivity contribution in [3.8, 4) is 5.75 Å². The number of ether oxygens (including phenoxy) is 1. The van der Waals surface area contributed by atoms with Crippen LogP contribution in [-0.4, -0.2) is 27.5 Å². The van der Waals surface area contributed by atoms with E-state index in [0.717, 1.165) is 18.4 Å². The molecule has 0 bridgehead atoms. The van der Waals surface area contributed by atoms with Gasteiger partial charge in [0.2, 0.25) is 0 Å². The molecule has 116 valence electrons. The van der Waals surface area contributed by atoms with Gasteiger partial charge in [0.1, 0.15) is 10.6 Å². The van der Waals surface area contributed by atoms with Gasteiger partial charge in [-0.2, -0.15) is 0 Å². The van der Waals surface area contributed by atoms with Gasteiger partial charge in [0.05, 0.1) is 0 Å². The number of carbonyl (C=O) groups is 1. The van der Waals surface area contributed by atoms with E-state index in [1.807, 2.05) is 0 Å². The van der Waals surface area contributed by atoms with E-state index in [-0.39, 0.29) is 23.2 Å². The minimum Gasteiger partial charge on any atom is -0.482 e. The minimum absolute atomic E-state index is 0.100. The van der Waals surface area contributed by atoms with E-state index in [1.165, 1.54) is 6.07 Å². The van der Waals surface area contributed by atoms with E-state index in [2.05, 4.69) is 5.32 Å². The highest BCUT2D eigenvalue weighted by molar-refractivity contribution is 8.13. The van der Waals surface area contributed by atoms with Crippen LogP contribution in [0.5, 0.6) is 5.75 Å². The highest BCUT2D eigenvalue weighted by atomic mass is 35.7. The fraction of sp³-hybridized carbons (Fsp3) is 0.500. The Morgan fingerprint density at radius 1 is 1.38 bits per heavy atom. The van der Waals surface area contributed by atoms with Crippen molar-refractivity contribution in [1.29, 1.82) is 0 Å². The summed E-state index contributed by atoms with van der Waals surface area (Å²) in [7, 11) is 1.50. The van der Waals surface area contributed by atoms with Crippen LogP contribution in [0.15, 0.2) is 17.0 Å². The standard InChI is InChI=1S/C14H18ClNO4S/c1-9-5-10(2)14(12(6-9)21(15,18)19)20-8-13(17)16-7-11-3-4-11/h5-6,11H,3-4,7-8H2,1-2H3,(H,16,17). The Kier molecular flexibility index (Phi) is 4.78. The molecule has 0 heterocycles. The van der Waals surface area contributed by atoms with Gasteiger partial charge in [-0.25, -0.2) is 8.42 Å². The van der Waals surface area contributed by atoms with Crippen LogP contribution in [0.3, 0.4) is 0 Å². The molecule has 0 aromatic heterocycles. The number of halogens is 1. The van der Waals surface area contributed by atoms with E-state index in [4.69, 9.17) is 15.4 Å². The molecule has 0 saturated heterocycles. The van der Waals surface area contributed by atoms with Crippen LogP contribution >= 0.6 is 10.7 Å². The normalized spacial score (nSPS) is 14.8. The van der Waals surface area contributed by atoms with Gasteiger partial charge in [-0.1, -0.05) is 6.07 Å². The zero-order valence-corrected chi connectivity index (χ0v) is 13.6.